The number of aromatic nitrogens is 2. The number of hydrogen-bond acceptors (Lipinski definition) is 2. The summed E-state index contributed by atoms with van der Waals surface area (Å²) in [6.45, 7) is 2.53. The maximum atomic E-state index is 12.2. The van der Waals surface area contributed by atoms with E-state index >= 15 is 0 Å². The van der Waals surface area contributed by atoms with Crippen molar-refractivity contribution in [2.75, 3.05) is 0 Å². The van der Waals surface area contributed by atoms with Gasteiger partial charge in [-0.05, 0) is 46.1 Å². The van der Waals surface area contributed by atoms with E-state index in [1.807, 2.05) is 53.9 Å². The van der Waals surface area contributed by atoms with E-state index in [4.69, 9.17) is 0 Å². The van der Waals surface area contributed by atoms with Crippen molar-refractivity contribution in [1.82, 2.24) is 14.7 Å². The van der Waals surface area contributed by atoms with Crippen LogP contribution in [0.3, 0.4) is 0 Å². The third-order valence-electron chi connectivity index (χ3n) is 3.35. The zero-order valence-corrected chi connectivity index (χ0v) is 13.1. The van der Waals surface area contributed by atoms with Gasteiger partial charge < -0.3 is 9.72 Å². The van der Waals surface area contributed by atoms with Crippen molar-refractivity contribution in [3.8, 4) is 0 Å². The standard InChI is InChI=1S/C16H14BrN3O/c1-11-4-2-3-5-12(11)8-18-16(21)14-10-20-9-13(17)6-7-15(20)19-14/h2-7,9-10H,8H2,1H3,(H,18,21). The quantitative estimate of drug-likeness (QED) is 0.792. The number of rotatable bonds is 3. The fourth-order valence-corrected chi connectivity index (χ4v) is 2.50. The molecule has 2 aromatic heterocycles. The Morgan fingerprint density at radius 2 is 2.05 bits per heavy atom. The summed E-state index contributed by atoms with van der Waals surface area (Å²) in [6.07, 6.45) is 3.60. The van der Waals surface area contributed by atoms with Gasteiger partial charge in [0, 0.05) is 23.4 Å². The summed E-state index contributed by atoms with van der Waals surface area (Å²) in [5, 5.41) is 2.91. The molecule has 106 valence electrons. The molecule has 0 saturated heterocycles. The molecule has 0 bridgehead atoms. The van der Waals surface area contributed by atoms with Gasteiger partial charge >= 0.3 is 0 Å². The van der Waals surface area contributed by atoms with Crippen LogP contribution in [0.15, 0.2) is 53.3 Å². The zero-order chi connectivity index (χ0) is 14.8. The summed E-state index contributed by atoms with van der Waals surface area (Å²) >= 11 is 3.40. The fourth-order valence-electron chi connectivity index (χ4n) is 2.15. The van der Waals surface area contributed by atoms with E-state index in [0.29, 0.717) is 12.2 Å². The molecule has 3 rings (SSSR count). The van der Waals surface area contributed by atoms with Gasteiger partial charge in [0.25, 0.3) is 5.91 Å². The Bertz CT molecular complexity index is 810. The average molecular weight is 344 g/mol. The first-order valence-corrected chi connectivity index (χ1v) is 7.40. The zero-order valence-electron chi connectivity index (χ0n) is 11.5. The normalized spacial score (nSPS) is 10.8. The van der Waals surface area contributed by atoms with Crippen molar-refractivity contribution >= 4 is 27.5 Å². The molecular formula is C16H14BrN3O. The number of fused-ring (bicyclic) bond motifs is 1. The summed E-state index contributed by atoms with van der Waals surface area (Å²) in [6, 6.07) is 11.8. The van der Waals surface area contributed by atoms with Crippen LogP contribution in [0.25, 0.3) is 5.65 Å². The molecule has 0 spiro atoms. The lowest BCUT2D eigenvalue weighted by Gasteiger charge is -2.06. The average Bonchev–Trinajstić information content (AvgIpc) is 2.89. The van der Waals surface area contributed by atoms with Crippen molar-refractivity contribution in [3.05, 3.63) is 70.1 Å². The van der Waals surface area contributed by atoms with Crippen molar-refractivity contribution < 1.29 is 4.79 Å². The first kappa shape index (κ1) is 13.8. The largest absolute Gasteiger partial charge is 0.347 e. The molecule has 2 heterocycles. The Morgan fingerprint density at radius 3 is 2.86 bits per heavy atom. The Balaban J connectivity index is 1.76. The highest BCUT2D eigenvalue weighted by atomic mass is 79.9. The summed E-state index contributed by atoms with van der Waals surface area (Å²) in [5.74, 6) is -0.168. The van der Waals surface area contributed by atoms with E-state index < -0.39 is 0 Å². The molecule has 4 nitrogen and oxygen atoms in total. The van der Waals surface area contributed by atoms with Gasteiger partial charge in [-0.15, -0.1) is 0 Å². The number of amides is 1. The number of halogens is 1. The minimum atomic E-state index is -0.168. The second kappa shape index (κ2) is 5.69. The molecule has 5 heteroatoms. The maximum absolute atomic E-state index is 12.2. The number of pyridine rings is 1. The summed E-state index contributed by atoms with van der Waals surface area (Å²) in [5.41, 5.74) is 3.44. The number of carbonyl (C=O) groups excluding carboxylic acids is 1. The van der Waals surface area contributed by atoms with Gasteiger partial charge in [0.15, 0.2) is 0 Å². The first-order valence-electron chi connectivity index (χ1n) is 6.60. The van der Waals surface area contributed by atoms with Crippen LogP contribution in [0.2, 0.25) is 0 Å². The molecule has 21 heavy (non-hydrogen) atoms. The Hall–Kier alpha value is -2.14. The predicted octanol–water partition coefficient (Wildman–Crippen LogP) is 3.34. The second-order valence-electron chi connectivity index (χ2n) is 4.85. The van der Waals surface area contributed by atoms with Crippen LogP contribution in [0.5, 0.6) is 0 Å². The molecule has 1 N–H and O–H groups in total. The topological polar surface area (TPSA) is 46.4 Å². The third-order valence-corrected chi connectivity index (χ3v) is 3.82. The molecule has 0 aliphatic rings. The third kappa shape index (κ3) is 2.97. The maximum Gasteiger partial charge on any atom is 0.271 e. The number of aryl methyl sites for hydroxylation is 1. The van der Waals surface area contributed by atoms with E-state index in [0.717, 1.165) is 21.2 Å². The molecule has 0 fully saturated rings. The lowest BCUT2D eigenvalue weighted by Crippen LogP contribution is -2.23. The molecule has 0 radical (unpaired) electrons. The van der Waals surface area contributed by atoms with Gasteiger partial charge in [-0.2, -0.15) is 0 Å². The van der Waals surface area contributed by atoms with Crippen molar-refractivity contribution in [3.63, 3.8) is 0 Å². The summed E-state index contributed by atoms with van der Waals surface area (Å²) in [7, 11) is 0. The van der Waals surface area contributed by atoms with Gasteiger partial charge in [-0.25, -0.2) is 4.98 Å². The lowest BCUT2D eigenvalue weighted by molar-refractivity contribution is 0.0946. The highest BCUT2D eigenvalue weighted by Crippen LogP contribution is 2.13. The van der Waals surface area contributed by atoms with E-state index in [2.05, 4.69) is 26.2 Å². The molecule has 0 unspecified atom stereocenters. The Kier molecular flexibility index (Phi) is 3.75. The monoisotopic (exact) mass is 343 g/mol. The van der Waals surface area contributed by atoms with Crippen LogP contribution in [0.1, 0.15) is 21.6 Å². The second-order valence-corrected chi connectivity index (χ2v) is 5.76. The number of nitrogens with one attached hydrogen (secondary N) is 1. The smallest absolute Gasteiger partial charge is 0.271 e. The molecule has 3 aromatic rings. The fraction of sp³-hybridized carbons (Fsp3) is 0.125. The van der Waals surface area contributed by atoms with E-state index in [9.17, 15) is 4.79 Å². The van der Waals surface area contributed by atoms with Crippen molar-refractivity contribution in [2.24, 2.45) is 0 Å². The van der Waals surface area contributed by atoms with Crippen LogP contribution in [-0.2, 0) is 6.54 Å². The van der Waals surface area contributed by atoms with Gasteiger partial charge in [0.05, 0.1) is 0 Å². The van der Waals surface area contributed by atoms with Crippen LogP contribution in [0.4, 0.5) is 0 Å². The van der Waals surface area contributed by atoms with Gasteiger partial charge in [-0.1, -0.05) is 24.3 Å². The minimum Gasteiger partial charge on any atom is -0.347 e. The number of nitrogens with zero attached hydrogens (tertiary/aromatic N) is 2. The van der Waals surface area contributed by atoms with Crippen LogP contribution >= 0.6 is 15.9 Å². The molecule has 0 saturated carbocycles. The van der Waals surface area contributed by atoms with Crippen LogP contribution < -0.4 is 5.32 Å². The van der Waals surface area contributed by atoms with Gasteiger partial charge in [-0.3, -0.25) is 4.79 Å². The van der Waals surface area contributed by atoms with Crippen LogP contribution in [-0.4, -0.2) is 15.3 Å². The SMILES string of the molecule is Cc1ccccc1CNC(=O)c1cn2cc(Br)ccc2n1. The predicted molar refractivity (Wildman–Crippen MR) is 85.2 cm³/mol. The molecule has 0 aliphatic heterocycles. The number of carbonyl (C=O) groups is 1. The van der Waals surface area contributed by atoms with E-state index in [1.54, 1.807) is 6.20 Å². The minimum absolute atomic E-state index is 0.168. The highest BCUT2D eigenvalue weighted by Gasteiger charge is 2.10. The van der Waals surface area contributed by atoms with Gasteiger partial charge in [0.1, 0.15) is 11.3 Å². The van der Waals surface area contributed by atoms with E-state index in [-0.39, 0.29) is 5.91 Å². The van der Waals surface area contributed by atoms with Crippen LogP contribution in [0, 0.1) is 6.92 Å². The molecule has 0 aliphatic carbocycles. The summed E-state index contributed by atoms with van der Waals surface area (Å²) < 4.78 is 2.77. The number of hydrogen-bond donors (Lipinski definition) is 1. The lowest BCUT2D eigenvalue weighted by atomic mass is 10.1. The van der Waals surface area contributed by atoms with Crippen molar-refractivity contribution in [2.45, 2.75) is 13.5 Å². The first-order chi connectivity index (χ1) is 10.1. The number of benzene rings is 1. The molecule has 1 amide bonds. The Labute approximate surface area is 131 Å². The van der Waals surface area contributed by atoms with Crippen molar-refractivity contribution in [1.29, 1.82) is 0 Å². The molecule has 0 atom stereocenters. The molecule has 1 aromatic carbocycles. The van der Waals surface area contributed by atoms with E-state index in [1.165, 1.54) is 0 Å². The Morgan fingerprint density at radius 1 is 1.24 bits per heavy atom. The number of imidazole rings is 1. The van der Waals surface area contributed by atoms with Gasteiger partial charge in [0.2, 0.25) is 0 Å². The summed E-state index contributed by atoms with van der Waals surface area (Å²) in [4.78, 5) is 16.5. The highest BCUT2D eigenvalue weighted by molar-refractivity contribution is 9.10. The molecular weight excluding hydrogens is 330 g/mol.